The first-order chi connectivity index (χ1) is 12.6. The first-order valence-electron chi connectivity index (χ1n) is 8.41. The summed E-state index contributed by atoms with van der Waals surface area (Å²) in [4.78, 5) is 12.4. The van der Waals surface area contributed by atoms with E-state index in [1.54, 1.807) is 11.8 Å². The van der Waals surface area contributed by atoms with Crippen LogP contribution in [0.4, 0.5) is 5.69 Å². The van der Waals surface area contributed by atoms with Crippen LogP contribution in [0.15, 0.2) is 78.9 Å². The van der Waals surface area contributed by atoms with Gasteiger partial charge in [-0.1, -0.05) is 78.3 Å². The first kappa shape index (κ1) is 18.6. The molecule has 0 bridgehead atoms. The van der Waals surface area contributed by atoms with E-state index in [1.807, 2.05) is 61.5 Å². The van der Waals surface area contributed by atoms with Gasteiger partial charge >= 0.3 is 0 Å². The summed E-state index contributed by atoms with van der Waals surface area (Å²) in [6.45, 7) is 1.97. The Balaban J connectivity index is 1.71. The normalized spacial score (nSPS) is 10.7. The van der Waals surface area contributed by atoms with Gasteiger partial charge in [-0.2, -0.15) is 0 Å². The number of halogens is 1. The van der Waals surface area contributed by atoms with E-state index in [9.17, 15) is 4.79 Å². The number of anilines is 1. The van der Waals surface area contributed by atoms with Crippen LogP contribution in [0.25, 0.3) is 0 Å². The fourth-order valence-corrected chi connectivity index (χ4v) is 4.08. The van der Waals surface area contributed by atoms with Crippen molar-refractivity contribution in [2.24, 2.45) is 0 Å². The quantitative estimate of drug-likeness (QED) is 0.558. The minimum Gasteiger partial charge on any atom is -0.324 e. The molecule has 3 aromatic carbocycles. The minimum absolute atomic E-state index is 0.0578. The summed E-state index contributed by atoms with van der Waals surface area (Å²) >= 11 is 7.82. The lowest BCUT2D eigenvalue weighted by Crippen LogP contribution is -2.15. The Morgan fingerprint density at radius 1 is 0.962 bits per heavy atom. The molecule has 0 radical (unpaired) electrons. The molecule has 0 saturated heterocycles. The highest BCUT2D eigenvalue weighted by Gasteiger charge is 2.16. The molecule has 0 spiro atoms. The van der Waals surface area contributed by atoms with E-state index in [0.29, 0.717) is 16.5 Å². The molecule has 1 N–H and O–H groups in total. The van der Waals surface area contributed by atoms with Gasteiger partial charge in [0.2, 0.25) is 5.91 Å². The third-order valence-electron chi connectivity index (χ3n) is 3.98. The van der Waals surface area contributed by atoms with E-state index in [0.717, 1.165) is 5.56 Å². The molecule has 0 aromatic heterocycles. The van der Waals surface area contributed by atoms with Gasteiger partial charge in [-0.25, -0.2) is 0 Å². The standard InChI is InChI=1S/C22H20ClNOS/c1-16-12-13-20(19(23)14-16)24-21(25)15-26-22(17-8-4-2-5-9-17)18-10-6-3-7-11-18/h2-14,22H,15H2,1H3,(H,24,25). The van der Waals surface area contributed by atoms with Crippen LogP contribution in [0.1, 0.15) is 21.9 Å². The van der Waals surface area contributed by atoms with E-state index in [1.165, 1.54) is 11.1 Å². The maximum Gasteiger partial charge on any atom is 0.234 e. The molecule has 0 fully saturated rings. The smallest absolute Gasteiger partial charge is 0.234 e. The third-order valence-corrected chi connectivity index (χ3v) is 5.60. The van der Waals surface area contributed by atoms with Crippen molar-refractivity contribution in [2.45, 2.75) is 12.2 Å². The summed E-state index contributed by atoms with van der Waals surface area (Å²) in [6.07, 6.45) is 0. The zero-order valence-electron chi connectivity index (χ0n) is 14.5. The predicted octanol–water partition coefficient (Wildman–Crippen LogP) is 6.11. The second-order valence-corrected chi connectivity index (χ2v) is 7.54. The van der Waals surface area contributed by atoms with E-state index in [4.69, 9.17) is 11.6 Å². The van der Waals surface area contributed by atoms with Crippen LogP contribution < -0.4 is 5.32 Å². The summed E-state index contributed by atoms with van der Waals surface area (Å²) in [5, 5.41) is 3.57. The zero-order valence-corrected chi connectivity index (χ0v) is 16.1. The maximum atomic E-state index is 12.4. The molecule has 0 unspecified atom stereocenters. The molecule has 26 heavy (non-hydrogen) atoms. The molecular formula is C22H20ClNOS. The molecule has 2 nitrogen and oxygen atoms in total. The Morgan fingerprint density at radius 2 is 1.54 bits per heavy atom. The summed E-state index contributed by atoms with van der Waals surface area (Å²) in [5.41, 5.74) is 4.09. The summed E-state index contributed by atoms with van der Waals surface area (Å²) in [5.74, 6) is 0.288. The molecule has 0 saturated carbocycles. The average molecular weight is 382 g/mol. The van der Waals surface area contributed by atoms with Crippen molar-refractivity contribution < 1.29 is 4.79 Å². The van der Waals surface area contributed by atoms with Crippen molar-refractivity contribution in [3.63, 3.8) is 0 Å². The van der Waals surface area contributed by atoms with Crippen molar-refractivity contribution in [2.75, 3.05) is 11.1 Å². The highest BCUT2D eigenvalue weighted by atomic mass is 35.5. The van der Waals surface area contributed by atoms with Gasteiger partial charge in [0, 0.05) is 0 Å². The average Bonchev–Trinajstić information content (AvgIpc) is 2.66. The fourth-order valence-electron chi connectivity index (χ4n) is 2.71. The van der Waals surface area contributed by atoms with Crippen molar-refractivity contribution >= 4 is 35.0 Å². The van der Waals surface area contributed by atoms with Gasteiger partial charge in [-0.15, -0.1) is 11.8 Å². The number of hydrogen-bond donors (Lipinski definition) is 1. The molecule has 1 amide bonds. The second-order valence-electron chi connectivity index (χ2n) is 6.04. The third kappa shape index (κ3) is 4.90. The monoisotopic (exact) mass is 381 g/mol. The first-order valence-corrected chi connectivity index (χ1v) is 9.83. The highest BCUT2D eigenvalue weighted by Crippen LogP contribution is 2.35. The Labute approximate surface area is 163 Å². The molecule has 4 heteroatoms. The number of nitrogens with one attached hydrogen (secondary N) is 1. The van der Waals surface area contributed by atoms with Crippen molar-refractivity contribution in [1.29, 1.82) is 0 Å². The van der Waals surface area contributed by atoms with Gasteiger partial charge in [0.15, 0.2) is 0 Å². The number of rotatable bonds is 6. The van der Waals surface area contributed by atoms with Crippen molar-refractivity contribution in [3.05, 3.63) is 101 Å². The maximum absolute atomic E-state index is 12.4. The fraction of sp³-hybridized carbons (Fsp3) is 0.136. The molecule has 0 atom stereocenters. The molecule has 0 heterocycles. The molecule has 0 aliphatic heterocycles. The second kappa shape index (κ2) is 8.93. The number of aryl methyl sites for hydroxylation is 1. The topological polar surface area (TPSA) is 29.1 Å². The van der Waals surface area contributed by atoms with Crippen LogP contribution in [0.2, 0.25) is 5.02 Å². The van der Waals surface area contributed by atoms with Gasteiger partial charge in [0.1, 0.15) is 0 Å². The van der Waals surface area contributed by atoms with E-state index in [2.05, 4.69) is 29.6 Å². The zero-order chi connectivity index (χ0) is 18.4. The number of carbonyl (C=O) groups excluding carboxylic acids is 1. The summed E-state index contributed by atoms with van der Waals surface area (Å²) in [6, 6.07) is 26.1. The molecule has 3 aromatic rings. The number of amides is 1. The van der Waals surface area contributed by atoms with E-state index >= 15 is 0 Å². The van der Waals surface area contributed by atoms with Crippen LogP contribution in [0, 0.1) is 6.92 Å². The molecule has 3 rings (SSSR count). The van der Waals surface area contributed by atoms with Gasteiger partial charge in [-0.3, -0.25) is 4.79 Å². The molecule has 132 valence electrons. The van der Waals surface area contributed by atoms with Crippen LogP contribution >= 0.6 is 23.4 Å². The minimum atomic E-state index is -0.0578. The van der Waals surface area contributed by atoms with Crippen LogP contribution in [0.3, 0.4) is 0 Å². The SMILES string of the molecule is Cc1ccc(NC(=O)CSC(c2ccccc2)c2ccccc2)c(Cl)c1. The summed E-state index contributed by atoms with van der Waals surface area (Å²) < 4.78 is 0. The lowest BCUT2D eigenvalue weighted by Gasteiger charge is -2.17. The van der Waals surface area contributed by atoms with Crippen LogP contribution in [-0.2, 0) is 4.79 Å². The lowest BCUT2D eigenvalue weighted by molar-refractivity contribution is -0.113. The van der Waals surface area contributed by atoms with Gasteiger partial charge in [-0.05, 0) is 35.7 Å². The van der Waals surface area contributed by atoms with Gasteiger partial charge in [0.25, 0.3) is 0 Å². The summed E-state index contributed by atoms with van der Waals surface area (Å²) in [7, 11) is 0. The highest BCUT2D eigenvalue weighted by molar-refractivity contribution is 8.00. The predicted molar refractivity (Wildman–Crippen MR) is 112 cm³/mol. The van der Waals surface area contributed by atoms with Crippen molar-refractivity contribution in [3.8, 4) is 0 Å². The Morgan fingerprint density at radius 3 is 2.08 bits per heavy atom. The van der Waals surface area contributed by atoms with Gasteiger partial charge in [0.05, 0.1) is 21.7 Å². The number of benzene rings is 3. The van der Waals surface area contributed by atoms with E-state index in [-0.39, 0.29) is 11.2 Å². The number of carbonyl (C=O) groups is 1. The van der Waals surface area contributed by atoms with Gasteiger partial charge < -0.3 is 5.32 Å². The Hall–Kier alpha value is -2.23. The largest absolute Gasteiger partial charge is 0.324 e. The lowest BCUT2D eigenvalue weighted by atomic mass is 10.0. The molecule has 0 aliphatic carbocycles. The number of hydrogen-bond acceptors (Lipinski definition) is 2. The molecule has 0 aliphatic rings. The Bertz CT molecular complexity index is 828. The number of thioether (sulfide) groups is 1. The van der Waals surface area contributed by atoms with Crippen LogP contribution in [0.5, 0.6) is 0 Å². The Kier molecular flexibility index (Phi) is 6.37. The van der Waals surface area contributed by atoms with Crippen molar-refractivity contribution in [1.82, 2.24) is 0 Å². The molecular weight excluding hydrogens is 362 g/mol. The van der Waals surface area contributed by atoms with Crippen LogP contribution in [-0.4, -0.2) is 11.7 Å². The van der Waals surface area contributed by atoms with E-state index < -0.39 is 0 Å².